The fraction of sp³-hybridized carbons (Fsp3) is 0.0645. The molecular weight excluding hydrogens is 421 g/mol. The zero-order valence-electron chi connectivity index (χ0n) is 19.0. The van der Waals surface area contributed by atoms with E-state index in [9.17, 15) is 4.39 Å². The van der Waals surface area contributed by atoms with Crippen LogP contribution in [0.5, 0.6) is 0 Å². The zero-order chi connectivity index (χ0) is 23.2. The van der Waals surface area contributed by atoms with Crippen LogP contribution in [0.2, 0.25) is 0 Å². The van der Waals surface area contributed by atoms with Crippen molar-refractivity contribution in [1.82, 2.24) is 0 Å². The summed E-state index contributed by atoms with van der Waals surface area (Å²) < 4.78 is 23.5. The van der Waals surface area contributed by atoms with Crippen molar-refractivity contribution in [3.63, 3.8) is 0 Å². The molecule has 2 heterocycles. The third-order valence-electron chi connectivity index (χ3n) is 6.53. The number of benzene rings is 4. The first-order valence-corrected chi connectivity index (χ1v) is 11.4. The van der Waals surface area contributed by atoms with Gasteiger partial charge in [-0.2, -0.15) is 0 Å². The van der Waals surface area contributed by atoms with Gasteiger partial charge in [0, 0.05) is 28.5 Å². The van der Waals surface area contributed by atoms with Gasteiger partial charge in [-0.3, -0.25) is 0 Å². The van der Waals surface area contributed by atoms with Crippen molar-refractivity contribution in [3.8, 4) is 33.5 Å². The van der Waals surface area contributed by atoms with Crippen molar-refractivity contribution in [2.45, 2.75) is 6.92 Å². The van der Waals surface area contributed by atoms with Crippen LogP contribution in [0.1, 0.15) is 5.56 Å². The van der Waals surface area contributed by atoms with Gasteiger partial charge < -0.3 is 4.42 Å². The number of aromatic nitrogens is 1. The molecule has 0 saturated carbocycles. The summed E-state index contributed by atoms with van der Waals surface area (Å²) in [5.74, 6) is -0.273. The van der Waals surface area contributed by atoms with Crippen LogP contribution in [0.15, 0.2) is 108 Å². The third kappa shape index (κ3) is 3.29. The molecule has 0 spiro atoms. The second kappa shape index (κ2) is 7.96. The molecule has 164 valence electrons. The molecule has 0 amide bonds. The first kappa shape index (κ1) is 20.4. The summed E-state index contributed by atoms with van der Waals surface area (Å²) in [6.45, 7) is 2.08. The molecular formula is C31H23FNO+. The largest absolute Gasteiger partial charge is 0.454 e. The fourth-order valence-electron chi connectivity index (χ4n) is 4.79. The molecule has 0 atom stereocenters. The highest BCUT2D eigenvalue weighted by atomic mass is 19.1. The number of rotatable bonds is 3. The van der Waals surface area contributed by atoms with Crippen molar-refractivity contribution >= 4 is 21.9 Å². The predicted octanol–water partition coefficient (Wildman–Crippen LogP) is 7.86. The first-order valence-electron chi connectivity index (χ1n) is 11.4. The Morgan fingerprint density at radius 2 is 1.38 bits per heavy atom. The monoisotopic (exact) mass is 444 g/mol. The van der Waals surface area contributed by atoms with E-state index in [1.165, 1.54) is 0 Å². The molecule has 0 radical (unpaired) electrons. The quantitative estimate of drug-likeness (QED) is 0.254. The van der Waals surface area contributed by atoms with Crippen LogP contribution in [-0.2, 0) is 7.05 Å². The molecule has 2 nitrogen and oxygen atoms in total. The highest BCUT2D eigenvalue weighted by Crippen LogP contribution is 2.41. The van der Waals surface area contributed by atoms with Crippen LogP contribution in [0, 0.1) is 12.7 Å². The number of aryl methyl sites for hydroxylation is 2. The number of furan rings is 1. The second-order valence-corrected chi connectivity index (χ2v) is 8.71. The summed E-state index contributed by atoms with van der Waals surface area (Å²) in [5, 5.41) is 1.71. The van der Waals surface area contributed by atoms with Crippen molar-refractivity contribution in [1.29, 1.82) is 0 Å². The molecule has 6 aromatic rings. The molecule has 2 aromatic heterocycles. The molecule has 0 saturated heterocycles. The molecule has 6 rings (SSSR count). The van der Waals surface area contributed by atoms with Gasteiger partial charge in [0.25, 0.3) is 0 Å². The Kier molecular flexibility index (Phi) is 4.77. The number of hydrogen-bond acceptors (Lipinski definition) is 1. The van der Waals surface area contributed by atoms with E-state index in [2.05, 4.69) is 47.9 Å². The second-order valence-electron chi connectivity index (χ2n) is 8.71. The van der Waals surface area contributed by atoms with Crippen LogP contribution in [0.4, 0.5) is 4.39 Å². The number of nitrogens with zero attached hydrogens (tertiary/aromatic N) is 1. The van der Waals surface area contributed by atoms with Gasteiger partial charge in [0.15, 0.2) is 6.20 Å². The van der Waals surface area contributed by atoms with Gasteiger partial charge in [0.05, 0.1) is 5.56 Å². The Labute approximate surface area is 197 Å². The van der Waals surface area contributed by atoms with Crippen molar-refractivity contribution in [3.05, 3.63) is 115 Å². The van der Waals surface area contributed by atoms with E-state index >= 15 is 0 Å². The minimum absolute atomic E-state index is 0.273. The maximum absolute atomic E-state index is 14.9. The van der Waals surface area contributed by atoms with Crippen LogP contribution >= 0.6 is 0 Å². The lowest BCUT2D eigenvalue weighted by atomic mass is 9.97. The summed E-state index contributed by atoms with van der Waals surface area (Å²) >= 11 is 0. The first-order chi connectivity index (χ1) is 16.6. The standard InChI is InChI=1S/C31H23FNO/c1-20-11-16-25-27-19-24(32)18-26(23-14-12-22(13-15-23)21-8-4-3-5-9-21)30(27)34-31(25)29(20)28-10-6-7-17-33(28)2/h3-19H,1-2H3/q+1. The van der Waals surface area contributed by atoms with Gasteiger partial charge in [-0.1, -0.05) is 66.7 Å². The fourth-order valence-corrected chi connectivity index (χ4v) is 4.79. The van der Waals surface area contributed by atoms with Gasteiger partial charge in [-0.25, -0.2) is 8.96 Å². The Bertz CT molecular complexity index is 1660. The van der Waals surface area contributed by atoms with Gasteiger partial charge in [-0.15, -0.1) is 0 Å². The van der Waals surface area contributed by atoms with Crippen molar-refractivity contribution in [2.75, 3.05) is 0 Å². The molecule has 0 bridgehead atoms. The molecule has 0 fully saturated rings. The van der Waals surface area contributed by atoms with Gasteiger partial charge in [-0.05, 0) is 47.4 Å². The maximum Gasteiger partial charge on any atom is 0.216 e. The maximum atomic E-state index is 14.9. The molecule has 0 aliphatic rings. The van der Waals surface area contributed by atoms with E-state index < -0.39 is 0 Å². The molecule has 0 aliphatic carbocycles. The van der Waals surface area contributed by atoms with Crippen molar-refractivity contribution < 1.29 is 13.4 Å². The molecule has 0 N–H and O–H groups in total. The SMILES string of the molecule is Cc1ccc2c(oc3c(-c4ccc(-c5ccccc5)cc4)cc(F)cc32)c1-c1cccc[n+]1C. The summed E-state index contributed by atoms with van der Waals surface area (Å²) in [7, 11) is 2.02. The van der Waals surface area contributed by atoms with E-state index in [4.69, 9.17) is 4.42 Å². The Morgan fingerprint density at radius 1 is 0.676 bits per heavy atom. The summed E-state index contributed by atoms with van der Waals surface area (Å²) in [5.41, 5.74) is 8.63. The lowest BCUT2D eigenvalue weighted by molar-refractivity contribution is -0.660. The highest BCUT2D eigenvalue weighted by Gasteiger charge is 2.22. The minimum atomic E-state index is -0.273. The molecule has 0 aliphatic heterocycles. The summed E-state index contributed by atoms with van der Waals surface area (Å²) in [6, 6.07) is 31.8. The van der Waals surface area contributed by atoms with Gasteiger partial charge >= 0.3 is 0 Å². The van der Waals surface area contributed by atoms with E-state index in [1.807, 2.05) is 61.8 Å². The topological polar surface area (TPSA) is 17.0 Å². The predicted molar refractivity (Wildman–Crippen MR) is 136 cm³/mol. The van der Waals surface area contributed by atoms with Gasteiger partial charge in [0.2, 0.25) is 5.69 Å². The molecule has 4 aromatic carbocycles. The Hall–Kier alpha value is -4.24. The number of halogens is 1. The summed E-state index contributed by atoms with van der Waals surface area (Å²) in [4.78, 5) is 0. The lowest BCUT2D eigenvalue weighted by Crippen LogP contribution is -2.30. The zero-order valence-corrected chi connectivity index (χ0v) is 19.0. The van der Waals surface area contributed by atoms with E-state index in [0.717, 1.165) is 55.4 Å². The van der Waals surface area contributed by atoms with Crippen LogP contribution in [-0.4, -0.2) is 0 Å². The Balaban J connectivity index is 1.58. The normalized spacial score (nSPS) is 11.4. The van der Waals surface area contributed by atoms with E-state index in [-0.39, 0.29) is 5.82 Å². The van der Waals surface area contributed by atoms with Crippen LogP contribution in [0.25, 0.3) is 55.4 Å². The number of hydrogen-bond donors (Lipinski definition) is 0. The van der Waals surface area contributed by atoms with E-state index in [1.54, 1.807) is 12.1 Å². The molecule has 34 heavy (non-hydrogen) atoms. The smallest absolute Gasteiger partial charge is 0.216 e. The van der Waals surface area contributed by atoms with Crippen molar-refractivity contribution in [2.24, 2.45) is 7.05 Å². The van der Waals surface area contributed by atoms with E-state index in [0.29, 0.717) is 5.58 Å². The molecule has 3 heteroatoms. The molecule has 0 unspecified atom stereocenters. The lowest BCUT2D eigenvalue weighted by Gasteiger charge is -2.06. The van der Waals surface area contributed by atoms with Crippen LogP contribution in [0.3, 0.4) is 0 Å². The van der Waals surface area contributed by atoms with Gasteiger partial charge in [0.1, 0.15) is 24.0 Å². The highest BCUT2D eigenvalue weighted by molar-refractivity contribution is 6.13. The number of fused-ring (bicyclic) bond motifs is 3. The minimum Gasteiger partial charge on any atom is -0.454 e. The number of pyridine rings is 1. The van der Waals surface area contributed by atoms with Crippen LogP contribution < -0.4 is 4.57 Å². The average Bonchev–Trinajstić information content (AvgIpc) is 3.23. The summed E-state index contributed by atoms with van der Waals surface area (Å²) in [6.07, 6.45) is 2.02. The average molecular weight is 445 g/mol. The Morgan fingerprint density at radius 3 is 2.15 bits per heavy atom. The third-order valence-corrected chi connectivity index (χ3v) is 6.53.